The van der Waals surface area contributed by atoms with Crippen molar-refractivity contribution in [2.45, 2.75) is 51.6 Å². The van der Waals surface area contributed by atoms with E-state index in [0.29, 0.717) is 6.61 Å². The second kappa shape index (κ2) is 5.59. The molecule has 0 radical (unpaired) electrons. The number of hydrogen-bond donors (Lipinski definition) is 0. The number of fused-ring (bicyclic) bond motifs is 3. The molecule has 4 nitrogen and oxygen atoms in total. The van der Waals surface area contributed by atoms with E-state index in [0.717, 1.165) is 29.8 Å². The van der Waals surface area contributed by atoms with Gasteiger partial charge in [-0.05, 0) is 57.7 Å². The van der Waals surface area contributed by atoms with Gasteiger partial charge in [0.2, 0.25) is 0 Å². The summed E-state index contributed by atoms with van der Waals surface area (Å²) in [7, 11) is 0. The van der Waals surface area contributed by atoms with Crippen LogP contribution < -0.4 is 0 Å². The molecule has 0 N–H and O–H groups in total. The van der Waals surface area contributed by atoms with Crippen molar-refractivity contribution < 1.29 is 9.53 Å². The van der Waals surface area contributed by atoms with Crippen LogP contribution >= 0.6 is 11.3 Å². The van der Waals surface area contributed by atoms with Crippen molar-refractivity contribution in [2.24, 2.45) is 0 Å². The zero-order chi connectivity index (χ0) is 16.9. The number of benzene rings is 1. The Bertz CT molecular complexity index is 808. The first-order valence-corrected chi connectivity index (χ1v) is 9.38. The van der Waals surface area contributed by atoms with Crippen LogP contribution in [0.25, 0.3) is 10.2 Å². The van der Waals surface area contributed by atoms with Crippen LogP contribution in [-0.4, -0.2) is 28.6 Å². The van der Waals surface area contributed by atoms with Gasteiger partial charge in [-0.3, -0.25) is 4.90 Å². The molecule has 24 heavy (non-hydrogen) atoms. The predicted octanol–water partition coefficient (Wildman–Crippen LogP) is 4.85. The Balaban J connectivity index is 1.91. The summed E-state index contributed by atoms with van der Waals surface area (Å²) in [5.74, 6) is 0. The Morgan fingerprint density at radius 3 is 2.96 bits per heavy atom. The number of para-hydroxylation sites is 1. The summed E-state index contributed by atoms with van der Waals surface area (Å²) in [6.07, 6.45) is 2.67. The van der Waals surface area contributed by atoms with Gasteiger partial charge in [0.05, 0.1) is 16.8 Å². The minimum absolute atomic E-state index is 0.203. The van der Waals surface area contributed by atoms with Gasteiger partial charge in [0.1, 0.15) is 10.5 Å². The Labute approximate surface area is 146 Å². The zero-order valence-electron chi connectivity index (χ0n) is 14.3. The molecule has 2 atom stereocenters. The molecule has 1 amide bonds. The average molecular weight is 342 g/mol. The Morgan fingerprint density at radius 2 is 2.21 bits per heavy atom. The molecule has 5 heteroatoms. The average Bonchev–Trinajstić information content (AvgIpc) is 3.13. The van der Waals surface area contributed by atoms with Gasteiger partial charge in [-0.1, -0.05) is 17.7 Å². The summed E-state index contributed by atoms with van der Waals surface area (Å²) in [5, 5.41) is 1.02. The minimum Gasteiger partial charge on any atom is -0.450 e. The highest BCUT2D eigenvalue weighted by molar-refractivity contribution is 7.18. The molecule has 4 rings (SSSR count). The molecule has 1 aromatic heterocycles. The number of thiazole rings is 1. The molecule has 1 fully saturated rings. The molecule has 1 saturated heterocycles. The number of amides is 1. The maximum Gasteiger partial charge on any atom is 0.411 e. The summed E-state index contributed by atoms with van der Waals surface area (Å²) < 4.78 is 6.58. The first-order chi connectivity index (χ1) is 11.6. The summed E-state index contributed by atoms with van der Waals surface area (Å²) in [4.78, 5) is 19.7. The number of aromatic nitrogens is 1. The van der Waals surface area contributed by atoms with Crippen LogP contribution in [0.1, 0.15) is 45.0 Å². The first-order valence-electron chi connectivity index (χ1n) is 8.57. The van der Waals surface area contributed by atoms with Gasteiger partial charge in [-0.25, -0.2) is 9.78 Å². The quantitative estimate of drug-likeness (QED) is 0.733. The van der Waals surface area contributed by atoms with Crippen LogP contribution in [0.5, 0.6) is 0 Å². The summed E-state index contributed by atoms with van der Waals surface area (Å²) in [5.41, 5.74) is 3.24. The number of carbonyl (C=O) groups excluding carboxylic acids is 1. The molecule has 2 aliphatic rings. The van der Waals surface area contributed by atoms with Crippen LogP contribution in [-0.2, 0) is 10.3 Å². The number of carbonyl (C=O) groups is 1. The fourth-order valence-corrected chi connectivity index (χ4v) is 5.51. The van der Waals surface area contributed by atoms with E-state index in [1.807, 2.05) is 30.0 Å². The summed E-state index contributed by atoms with van der Waals surface area (Å²) in [6.45, 7) is 6.62. The Hall–Kier alpha value is -1.88. The molecular weight excluding hydrogens is 320 g/mol. The van der Waals surface area contributed by atoms with E-state index in [-0.39, 0.29) is 12.1 Å². The van der Waals surface area contributed by atoms with Crippen molar-refractivity contribution >= 4 is 27.6 Å². The lowest BCUT2D eigenvalue weighted by Crippen LogP contribution is -2.52. The third-order valence-corrected chi connectivity index (χ3v) is 6.72. The fourth-order valence-electron chi connectivity index (χ4n) is 4.28. The highest BCUT2D eigenvalue weighted by Gasteiger charge is 2.56. The summed E-state index contributed by atoms with van der Waals surface area (Å²) in [6, 6.07) is 8.42. The second-order valence-corrected chi connectivity index (χ2v) is 7.75. The molecule has 0 saturated carbocycles. The van der Waals surface area contributed by atoms with E-state index in [4.69, 9.17) is 9.72 Å². The fraction of sp³-hybridized carbons (Fsp3) is 0.474. The van der Waals surface area contributed by atoms with Gasteiger partial charge in [-0.15, -0.1) is 11.3 Å². The van der Waals surface area contributed by atoms with Crippen LogP contribution in [0.3, 0.4) is 0 Å². The van der Waals surface area contributed by atoms with Crippen molar-refractivity contribution in [2.75, 3.05) is 6.61 Å². The van der Waals surface area contributed by atoms with Crippen LogP contribution in [0.15, 0.2) is 35.4 Å². The number of hydrogen-bond acceptors (Lipinski definition) is 4. The molecular formula is C19H22N2O2S. The lowest BCUT2D eigenvalue weighted by molar-refractivity contribution is 0.0605. The van der Waals surface area contributed by atoms with E-state index in [1.165, 1.54) is 15.8 Å². The molecule has 3 heterocycles. The molecule has 2 aromatic rings. The van der Waals surface area contributed by atoms with Crippen molar-refractivity contribution in [1.82, 2.24) is 9.88 Å². The highest BCUT2D eigenvalue weighted by atomic mass is 32.1. The lowest BCUT2D eigenvalue weighted by Gasteiger charge is -2.44. The number of ether oxygens (including phenoxy) is 1. The van der Waals surface area contributed by atoms with E-state index < -0.39 is 5.54 Å². The molecule has 2 unspecified atom stereocenters. The first kappa shape index (κ1) is 15.6. The van der Waals surface area contributed by atoms with Gasteiger partial charge >= 0.3 is 6.09 Å². The second-order valence-electron chi connectivity index (χ2n) is 6.72. The molecule has 2 bridgehead atoms. The van der Waals surface area contributed by atoms with E-state index >= 15 is 0 Å². The third kappa shape index (κ3) is 2.04. The largest absolute Gasteiger partial charge is 0.450 e. The monoisotopic (exact) mass is 342 g/mol. The van der Waals surface area contributed by atoms with Crippen molar-refractivity contribution in [3.05, 3.63) is 40.4 Å². The molecule has 2 aliphatic heterocycles. The van der Waals surface area contributed by atoms with Gasteiger partial charge in [-0.2, -0.15) is 0 Å². The van der Waals surface area contributed by atoms with Crippen LogP contribution in [0.4, 0.5) is 4.79 Å². The number of rotatable bonds is 2. The van der Waals surface area contributed by atoms with E-state index in [2.05, 4.69) is 19.9 Å². The van der Waals surface area contributed by atoms with Gasteiger partial charge in [0.25, 0.3) is 0 Å². The minimum atomic E-state index is -0.428. The summed E-state index contributed by atoms with van der Waals surface area (Å²) >= 11 is 1.70. The predicted molar refractivity (Wildman–Crippen MR) is 96.2 cm³/mol. The maximum atomic E-state index is 12.8. The lowest BCUT2D eigenvalue weighted by atomic mass is 9.83. The van der Waals surface area contributed by atoms with E-state index in [9.17, 15) is 4.79 Å². The highest BCUT2D eigenvalue weighted by Crippen LogP contribution is 2.54. The number of nitrogens with zero attached hydrogens (tertiary/aromatic N) is 2. The van der Waals surface area contributed by atoms with Crippen molar-refractivity contribution in [3.8, 4) is 0 Å². The standard InChI is InChI=1S/C19H22N2O2S/c1-4-23-18(22)21-14-9-10-19(21,13(3)12(2)11-14)17-20-15-7-5-6-8-16(15)24-17/h5-8,14H,4,9-11H2,1-3H3. The normalized spacial score (nSPS) is 26.3. The third-order valence-electron chi connectivity index (χ3n) is 5.53. The van der Waals surface area contributed by atoms with Crippen molar-refractivity contribution in [3.63, 3.8) is 0 Å². The van der Waals surface area contributed by atoms with Gasteiger partial charge < -0.3 is 4.74 Å². The molecule has 0 spiro atoms. The maximum absolute atomic E-state index is 12.8. The molecule has 0 aliphatic carbocycles. The smallest absolute Gasteiger partial charge is 0.411 e. The molecule has 126 valence electrons. The topological polar surface area (TPSA) is 42.4 Å². The molecule has 1 aromatic carbocycles. The Morgan fingerprint density at radius 1 is 1.42 bits per heavy atom. The van der Waals surface area contributed by atoms with Gasteiger partial charge in [0, 0.05) is 6.04 Å². The van der Waals surface area contributed by atoms with Crippen LogP contribution in [0.2, 0.25) is 0 Å². The van der Waals surface area contributed by atoms with Crippen LogP contribution in [0, 0.1) is 0 Å². The Kier molecular flexibility index (Phi) is 3.64. The van der Waals surface area contributed by atoms with Crippen molar-refractivity contribution in [1.29, 1.82) is 0 Å². The van der Waals surface area contributed by atoms with E-state index in [1.54, 1.807) is 11.3 Å². The SMILES string of the molecule is CCOC(=O)N1C2CCC1(c1nc3ccccc3s1)C(C)=C(C)C2. The van der Waals surface area contributed by atoms with Gasteiger partial charge in [0.15, 0.2) is 0 Å². The zero-order valence-corrected chi connectivity index (χ0v) is 15.2.